The largest absolute Gasteiger partial charge is 0.297 e. The third-order valence-corrected chi connectivity index (χ3v) is 2.82. The first-order valence-electron chi connectivity index (χ1n) is 5.32. The molecule has 16 heavy (non-hydrogen) atoms. The van der Waals surface area contributed by atoms with Gasteiger partial charge in [-0.15, -0.1) is 0 Å². The third-order valence-electron chi connectivity index (χ3n) is 2.47. The molecule has 0 aliphatic carbocycles. The smallest absolute Gasteiger partial charge is 0.285 e. The molecular weight excluding hydrogens is 276 g/mol. The first kappa shape index (κ1) is 13.6. The van der Waals surface area contributed by atoms with E-state index < -0.39 is 5.92 Å². The van der Waals surface area contributed by atoms with Gasteiger partial charge in [0.1, 0.15) is 0 Å². The van der Waals surface area contributed by atoms with Crippen molar-refractivity contribution < 1.29 is 8.78 Å². The molecule has 0 heterocycles. The van der Waals surface area contributed by atoms with Crippen LogP contribution in [0.15, 0.2) is 30.3 Å². The van der Waals surface area contributed by atoms with Crippen molar-refractivity contribution in [2.24, 2.45) is 0 Å². The number of hydrogen-bond donors (Lipinski definition) is 0. The average Bonchev–Trinajstić information content (AvgIpc) is 2.29. The van der Waals surface area contributed by atoms with Crippen molar-refractivity contribution in [3.05, 3.63) is 35.9 Å². The highest BCUT2D eigenvalue weighted by Crippen LogP contribution is 2.28. The summed E-state index contributed by atoms with van der Waals surface area (Å²) in [5.41, 5.74) is 0.0861. The van der Waals surface area contributed by atoms with Crippen LogP contribution in [0.5, 0.6) is 0 Å². The van der Waals surface area contributed by atoms with Crippen LogP contribution in [0.2, 0.25) is 0 Å². The summed E-state index contributed by atoms with van der Waals surface area (Å²) in [6.45, 7) is 2.94. The molecule has 0 saturated heterocycles. The molecule has 0 fully saturated rings. The predicted octanol–water partition coefficient (Wildman–Crippen LogP) is 3.50. The molecule has 0 radical (unpaired) electrons. The summed E-state index contributed by atoms with van der Waals surface area (Å²) in [4.78, 5) is 1.74. The van der Waals surface area contributed by atoms with Gasteiger partial charge in [0.25, 0.3) is 5.92 Å². The van der Waals surface area contributed by atoms with Crippen LogP contribution in [0.4, 0.5) is 8.78 Å². The van der Waals surface area contributed by atoms with E-state index in [0.29, 0.717) is 18.4 Å². The van der Waals surface area contributed by atoms with Crippen LogP contribution < -0.4 is 0 Å². The van der Waals surface area contributed by atoms with Crippen molar-refractivity contribution >= 4 is 15.9 Å². The second-order valence-electron chi connectivity index (χ2n) is 3.63. The molecule has 0 atom stereocenters. The van der Waals surface area contributed by atoms with Gasteiger partial charge in [0.05, 0.1) is 6.54 Å². The van der Waals surface area contributed by atoms with E-state index in [1.165, 1.54) is 12.1 Å². The lowest BCUT2D eigenvalue weighted by Crippen LogP contribution is -2.36. The van der Waals surface area contributed by atoms with Gasteiger partial charge in [0.2, 0.25) is 0 Å². The quantitative estimate of drug-likeness (QED) is 0.725. The molecule has 0 aromatic heterocycles. The predicted molar refractivity (Wildman–Crippen MR) is 66.2 cm³/mol. The highest BCUT2D eigenvalue weighted by molar-refractivity contribution is 9.09. The Morgan fingerprint density at radius 3 is 2.38 bits per heavy atom. The molecule has 0 amide bonds. The van der Waals surface area contributed by atoms with Gasteiger partial charge in [-0.3, -0.25) is 4.90 Å². The van der Waals surface area contributed by atoms with Gasteiger partial charge in [-0.05, 0) is 6.54 Å². The van der Waals surface area contributed by atoms with E-state index in [2.05, 4.69) is 15.9 Å². The Morgan fingerprint density at radius 1 is 1.25 bits per heavy atom. The summed E-state index contributed by atoms with van der Waals surface area (Å²) in [5, 5.41) is 0.714. The minimum absolute atomic E-state index is 0.0861. The lowest BCUT2D eigenvalue weighted by molar-refractivity contribution is -0.0354. The van der Waals surface area contributed by atoms with Crippen molar-refractivity contribution in [3.63, 3.8) is 0 Å². The SMILES string of the molecule is CCN(CCBr)CC(F)(F)c1ccccc1. The van der Waals surface area contributed by atoms with Crippen molar-refractivity contribution in [2.75, 3.05) is 25.0 Å². The highest BCUT2D eigenvalue weighted by atomic mass is 79.9. The van der Waals surface area contributed by atoms with Crippen LogP contribution in [-0.4, -0.2) is 29.9 Å². The summed E-state index contributed by atoms with van der Waals surface area (Å²) < 4.78 is 27.7. The zero-order chi connectivity index (χ0) is 12.0. The average molecular weight is 292 g/mol. The topological polar surface area (TPSA) is 3.24 Å². The van der Waals surface area contributed by atoms with Crippen LogP contribution >= 0.6 is 15.9 Å². The fourth-order valence-electron chi connectivity index (χ4n) is 1.52. The van der Waals surface area contributed by atoms with Crippen molar-refractivity contribution in [3.8, 4) is 0 Å². The molecule has 0 spiro atoms. The van der Waals surface area contributed by atoms with E-state index in [-0.39, 0.29) is 12.1 Å². The summed E-state index contributed by atoms with van der Waals surface area (Å²) in [6, 6.07) is 7.98. The van der Waals surface area contributed by atoms with Gasteiger partial charge in [-0.1, -0.05) is 53.2 Å². The maximum Gasteiger partial charge on any atom is 0.285 e. The van der Waals surface area contributed by atoms with E-state index in [9.17, 15) is 8.78 Å². The number of rotatable bonds is 6. The van der Waals surface area contributed by atoms with Gasteiger partial charge in [-0.2, -0.15) is 8.78 Å². The molecular formula is C12H16BrF2N. The zero-order valence-corrected chi connectivity index (χ0v) is 10.9. The highest BCUT2D eigenvalue weighted by Gasteiger charge is 2.32. The molecule has 4 heteroatoms. The van der Waals surface area contributed by atoms with Crippen molar-refractivity contribution in [2.45, 2.75) is 12.8 Å². The fraction of sp³-hybridized carbons (Fsp3) is 0.500. The fourth-order valence-corrected chi connectivity index (χ4v) is 2.02. The van der Waals surface area contributed by atoms with E-state index in [1.54, 1.807) is 23.1 Å². The van der Waals surface area contributed by atoms with Crippen molar-refractivity contribution in [1.82, 2.24) is 4.90 Å². The molecule has 0 aliphatic heterocycles. The number of likely N-dealkylation sites (N-methyl/N-ethyl adjacent to an activating group) is 1. The molecule has 0 bridgehead atoms. The van der Waals surface area contributed by atoms with E-state index in [4.69, 9.17) is 0 Å². The van der Waals surface area contributed by atoms with Crippen LogP contribution in [-0.2, 0) is 5.92 Å². The molecule has 0 aliphatic rings. The summed E-state index contributed by atoms with van der Waals surface area (Å²) >= 11 is 3.27. The van der Waals surface area contributed by atoms with Gasteiger partial charge in [-0.25, -0.2) is 0 Å². The number of alkyl halides is 3. The summed E-state index contributed by atoms with van der Waals surface area (Å²) in [6.07, 6.45) is 0. The monoisotopic (exact) mass is 291 g/mol. The van der Waals surface area contributed by atoms with E-state index in [1.807, 2.05) is 6.92 Å². The first-order chi connectivity index (χ1) is 7.60. The summed E-state index contributed by atoms with van der Waals surface area (Å²) in [5.74, 6) is -2.78. The molecule has 1 aromatic carbocycles. The zero-order valence-electron chi connectivity index (χ0n) is 9.30. The summed E-state index contributed by atoms with van der Waals surface area (Å²) in [7, 11) is 0. The Kier molecular flexibility index (Phi) is 5.35. The normalized spacial score (nSPS) is 12.1. The number of benzene rings is 1. The Bertz CT molecular complexity index is 303. The molecule has 0 N–H and O–H groups in total. The second kappa shape index (κ2) is 6.30. The van der Waals surface area contributed by atoms with Crippen LogP contribution in [0.3, 0.4) is 0 Å². The molecule has 1 aromatic rings. The maximum absolute atomic E-state index is 13.9. The van der Waals surface area contributed by atoms with Gasteiger partial charge < -0.3 is 0 Å². The lowest BCUT2D eigenvalue weighted by Gasteiger charge is -2.25. The van der Waals surface area contributed by atoms with E-state index in [0.717, 1.165) is 0 Å². The van der Waals surface area contributed by atoms with Gasteiger partial charge in [0, 0.05) is 17.4 Å². The van der Waals surface area contributed by atoms with Crippen LogP contribution in [0, 0.1) is 0 Å². The number of nitrogens with zero attached hydrogens (tertiary/aromatic N) is 1. The minimum atomic E-state index is -2.78. The van der Waals surface area contributed by atoms with Crippen molar-refractivity contribution in [1.29, 1.82) is 0 Å². The van der Waals surface area contributed by atoms with Gasteiger partial charge >= 0.3 is 0 Å². The van der Waals surface area contributed by atoms with Crippen LogP contribution in [0.25, 0.3) is 0 Å². The number of hydrogen-bond acceptors (Lipinski definition) is 1. The standard InChI is InChI=1S/C12H16BrF2N/c1-2-16(9-8-13)10-12(14,15)11-6-4-3-5-7-11/h3-7H,2,8-10H2,1H3. The molecule has 0 unspecified atom stereocenters. The Morgan fingerprint density at radius 2 is 1.88 bits per heavy atom. The molecule has 90 valence electrons. The third kappa shape index (κ3) is 3.83. The Labute approximate surface area is 104 Å². The molecule has 1 rings (SSSR count). The lowest BCUT2D eigenvalue weighted by atomic mass is 10.1. The number of halogens is 3. The van der Waals surface area contributed by atoms with Gasteiger partial charge in [0.15, 0.2) is 0 Å². The first-order valence-corrected chi connectivity index (χ1v) is 6.44. The maximum atomic E-state index is 13.9. The van der Waals surface area contributed by atoms with E-state index >= 15 is 0 Å². The second-order valence-corrected chi connectivity index (χ2v) is 4.42. The van der Waals surface area contributed by atoms with Crippen LogP contribution in [0.1, 0.15) is 12.5 Å². The molecule has 1 nitrogen and oxygen atoms in total. The minimum Gasteiger partial charge on any atom is -0.297 e. The Balaban J connectivity index is 2.70. The Hall–Kier alpha value is -0.480. The molecule has 0 saturated carbocycles.